The minimum absolute atomic E-state index is 0.0839. The fourth-order valence-electron chi connectivity index (χ4n) is 3.54. The van der Waals surface area contributed by atoms with Gasteiger partial charge in [-0.25, -0.2) is 4.98 Å². The predicted octanol–water partition coefficient (Wildman–Crippen LogP) is 5.07. The first-order valence-electron chi connectivity index (χ1n) is 8.60. The molecule has 0 aliphatic carbocycles. The van der Waals surface area contributed by atoms with Crippen molar-refractivity contribution in [3.63, 3.8) is 0 Å². The van der Waals surface area contributed by atoms with Gasteiger partial charge in [0.2, 0.25) is 5.76 Å². The third-order valence-corrected chi connectivity index (χ3v) is 6.11. The maximum atomic E-state index is 13.4. The predicted molar refractivity (Wildman–Crippen MR) is 112 cm³/mol. The largest absolute Gasteiger partial charge is 0.450 e. The Morgan fingerprint density at radius 2 is 1.93 bits per heavy atom. The van der Waals surface area contributed by atoms with E-state index in [0.717, 1.165) is 15.6 Å². The normalized spacial score (nSPS) is 16.0. The van der Waals surface area contributed by atoms with Gasteiger partial charge in [0.1, 0.15) is 5.58 Å². The maximum absolute atomic E-state index is 13.4. The average Bonchev–Trinajstić information content (AvgIpc) is 3.30. The molecule has 0 spiro atoms. The Kier molecular flexibility index (Phi) is 3.96. The molecular formula is C21H13BrN2O3S. The molecule has 0 radical (unpaired) electrons. The molecule has 0 saturated heterocycles. The third-order valence-electron chi connectivity index (χ3n) is 4.85. The van der Waals surface area contributed by atoms with Gasteiger partial charge in [-0.15, -0.1) is 11.3 Å². The topological polar surface area (TPSA) is 63.4 Å². The van der Waals surface area contributed by atoms with Crippen molar-refractivity contribution in [3.8, 4) is 0 Å². The lowest BCUT2D eigenvalue weighted by Crippen LogP contribution is -2.29. The number of rotatable bonds is 2. The van der Waals surface area contributed by atoms with E-state index in [1.54, 1.807) is 34.7 Å². The molecular weight excluding hydrogens is 440 g/mol. The van der Waals surface area contributed by atoms with Crippen molar-refractivity contribution in [3.05, 3.63) is 91.2 Å². The molecule has 1 aliphatic heterocycles. The van der Waals surface area contributed by atoms with Gasteiger partial charge >= 0.3 is 0 Å². The van der Waals surface area contributed by atoms with Gasteiger partial charge in [0.15, 0.2) is 10.6 Å². The molecule has 3 heterocycles. The number of hydrogen-bond acceptors (Lipinski definition) is 5. The van der Waals surface area contributed by atoms with Crippen molar-refractivity contribution in [2.45, 2.75) is 13.0 Å². The maximum Gasteiger partial charge on any atom is 0.297 e. The van der Waals surface area contributed by atoms with Crippen molar-refractivity contribution in [2.75, 3.05) is 4.90 Å². The highest BCUT2D eigenvalue weighted by Crippen LogP contribution is 2.41. The van der Waals surface area contributed by atoms with Crippen LogP contribution in [0.1, 0.15) is 33.3 Å². The van der Waals surface area contributed by atoms with Gasteiger partial charge in [-0.1, -0.05) is 45.8 Å². The molecule has 0 N–H and O–H groups in total. The molecule has 28 heavy (non-hydrogen) atoms. The summed E-state index contributed by atoms with van der Waals surface area (Å²) in [6.07, 6.45) is 1.64. The number of aromatic nitrogens is 1. The van der Waals surface area contributed by atoms with Crippen LogP contribution in [-0.4, -0.2) is 10.9 Å². The third kappa shape index (κ3) is 2.54. The summed E-state index contributed by atoms with van der Waals surface area (Å²) >= 11 is 4.76. The van der Waals surface area contributed by atoms with Crippen molar-refractivity contribution < 1.29 is 9.21 Å². The van der Waals surface area contributed by atoms with Crippen molar-refractivity contribution in [1.29, 1.82) is 0 Å². The quantitative estimate of drug-likeness (QED) is 0.425. The Morgan fingerprint density at radius 1 is 1.14 bits per heavy atom. The number of amides is 1. The summed E-state index contributed by atoms with van der Waals surface area (Å²) in [5.41, 5.74) is 2.49. The molecule has 4 aromatic rings. The van der Waals surface area contributed by atoms with Gasteiger partial charge in [0.05, 0.1) is 17.0 Å². The zero-order valence-corrected chi connectivity index (χ0v) is 17.1. The first-order chi connectivity index (χ1) is 13.5. The van der Waals surface area contributed by atoms with Crippen LogP contribution in [0.4, 0.5) is 5.13 Å². The highest BCUT2D eigenvalue weighted by Gasteiger charge is 2.44. The van der Waals surface area contributed by atoms with Crippen LogP contribution in [0.15, 0.2) is 67.7 Å². The van der Waals surface area contributed by atoms with E-state index in [1.807, 2.05) is 31.2 Å². The Balaban J connectivity index is 1.83. The van der Waals surface area contributed by atoms with Gasteiger partial charge in [-0.05, 0) is 30.7 Å². The monoisotopic (exact) mass is 452 g/mol. The van der Waals surface area contributed by atoms with E-state index in [1.165, 1.54) is 11.3 Å². The van der Waals surface area contributed by atoms with Gasteiger partial charge < -0.3 is 4.42 Å². The number of carbonyl (C=O) groups is 1. The zero-order valence-electron chi connectivity index (χ0n) is 14.7. The van der Waals surface area contributed by atoms with Gasteiger partial charge in [0, 0.05) is 16.0 Å². The summed E-state index contributed by atoms with van der Waals surface area (Å²) < 4.78 is 6.70. The molecule has 1 aliphatic rings. The molecule has 138 valence electrons. The second-order valence-corrected chi connectivity index (χ2v) is 8.41. The number of hydrogen-bond donors (Lipinski definition) is 0. The van der Waals surface area contributed by atoms with Crippen LogP contribution in [0, 0.1) is 6.92 Å². The summed E-state index contributed by atoms with van der Waals surface area (Å²) in [5, 5.41) is 2.78. The smallest absolute Gasteiger partial charge is 0.297 e. The van der Waals surface area contributed by atoms with Gasteiger partial charge in [0.25, 0.3) is 5.91 Å². The first-order valence-corrected chi connectivity index (χ1v) is 10.3. The summed E-state index contributed by atoms with van der Waals surface area (Å²) in [5.74, 6) is -0.266. The summed E-state index contributed by atoms with van der Waals surface area (Å²) in [6, 6.07) is 12.4. The number of aryl methyl sites for hydroxylation is 1. The number of benzene rings is 2. The molecule has 2 aromatic carbocycles. The molecule has 0 fully saturated rings. The molecule has 1 atom stereocenters. The van der Waals surface area contributed by atoms with Crippen LogP contribution >= 0.6 is 27.3 Å². The van der Waals surface area contributed by atoms with Crippen LogP contribution in [0.3, 0.4) is 0 Å². The van der Waals surface area contributed by atoms with Crippen molar-refractivity contribution in [1.82, 2.24) is 4.98 Å². The number of anilines is 1. The van der Waals surface area contributed by atoms with Crippen LogP contribution in [-0.2, 0) is 0 Å². The van der Waals surface area contributed by atoms with E-state index >= 15 is 0 Å². The Morgan fingerprint density at radius 3 is 2.64 bits per heavy atom. The lowest BCUT2D eigenvalue weighted by molar-refractivity contribution is 0.0971. The second-order valence-electron chi connectivity index (χ2n) is 6.62. The molecule has 7 heteroatoms. The number of thiazole rings is 1. The minimum atomic E-state index is -0.575. The van der Waals surface area contributed by atoms with E-state index in [4.69, 9.17) is 4.42 Å². The second kappa shape index (κ2) is 6.39. The van der Waals surface area contributed by atoms with Crippen LogP contribution < -0.4 is 10.3 Å². The molecule has 5 rings (SSSR count). The van der Waals surface area contributed by atoms with E-state index in [2.05, 4.69) is 20.9 Å². The lowest BCUT2D eigenvalue weighted by atomic mass is 9.98. The van der Waals surface area contributed by atoms with Gasteiger partial charge in [-0.3, -0.25) is 14.5 Å². The van der Waals surface area contributed by atoms with Crippen molar-refractivity contribution in [2.24, 2.45) is 0 Å². The van der Waals surface area contributed by atoms with E-state index < -0.39 is 6.04 Å². The number of fused-ring (bicyclic) bond motifs is 2. The number of halogens is 1. The van der Waals surface area contributed by atoms with Crippen LogP contribution in [0.2, 0.25) is 0 Å². The molecule has 5 nitrogen and oxygen atoms in total. The summed E-state index contributed by atoms with van der Waals surface area (Å²) in [7, 11) is 0. The highest BCUT2D eigenvalue weighted by atomic mass is 79.9. The average molecular weight is 453 g/mol. The van der Waals surface area contributed by atoms with Crippen molar-refractivity contribution >= 4 is 49.3 Å². The van der Waals surface area contributed by atoms with E-state index in [-0.39, 0.29) is 17.1 Å². The van der Waals surface area contributed by atoms with Crippen LogP contribution in [0.5, 0.6) is 0 Å². The number of nitrogens with zero attached hydrogens (tertiary/aromatic N) is 2. The molecule has 1 amide bonds. The molecule has 2 aromatic heterocycles. The fourth-order valence-corrected chi connectivity index (χ4v) is 4.57. The summed E-state index contributed by atoms with van der Waals surface area (Å²) in [6.45, 7) is 2.00. The minimum Gasteiger partial charge on any atom is -0.450 e. The molecule has 0 unspecified atom stereocenters. The van der Waals surface area contributed by atoms with E-state index in [0.29, 0.717) is 21.7 Å². The van der Waals surface area contributed by atoms with E-state index in [9.17, 15) is 9.59 Å². The zero-order chi connectivity index (χ0) is 19.4. The lowest BCUT2D eigenvalue weighted by Gasteiger charge is -2.22. The molecule has 0 saturated carbocycles. The Bertz CT molecular complexity index is 1280. The first kappa shape index (κ1) is 17.3. The van der Waals surface area contributed by atoms with Gasteiger partial charge in [-0.2, -0.15) is 0 Å². The summed E-state index contributed by atoms with van der Waals surface area (Å²) in [4.78, 5) is 32.5. The number of carbonyl (C=O) groups excluding carboxylic acids is 1. The SMILES string of the molecule is Cc1ccc([C@H]2c3c(oc4ccc(Br)cc4c3=O)C(=O)N2c2nccs2)cc1. The van der Waals surface area contributed by atoms with Crippen LogP contribution in [0.25, 0.3) is 11.0 Å². The Labute approximate surface area is 172 Å². The standard InChI is InChI=1S/C21H13BrN2O3S/c1-11-2-4-12(5-3-11)17-16-18(25)14-10-13(22)6-7-15(14)27-19(16)20(26)24(17)21-23-8-9-28-21/h2-10,17H,1H3/t17-/m0/s1. The highest BCUT2D eigenvalue weighted by molar-refractivity contribution is 9.10. The molecule has 0 bridgehead atoms. The Hall–Kier alpha value is -2.77. The fraction of sp³-hybridized carbons (Fsp3) is 0.0952.